The summed E-state index contributed by atoms with van der Waals surface area (Å²) >= 11 is 6.55. The van der Waals surface area contributed by atoms with Crippen LogP contribution in [0, 0.1) is 22.7 Å². The lowest BCUT2D eigenvalue weighted by atomic mass is 9.82. The van der Waals surface area contributed by atoms with Gasteiger partial charge in [-0.25, -0.2) is 0 Å². The smallest absolute Gasteiger partial charge is 0.102 e. The van der Waals surface area contributed by atoms with Crippen LogP contribution in [-0.2, 0) is 0 Å². The molecule has 3 aromatic carbocycles. The van der Waals surface area contributed by atoms with Gasteiger partial charge in [-0.05, 0) is 17.2 Å². The molecule has 4 nitrogen and oxygen atoms in total. The predicted octanol–water partition coefficient (Wildman–Crippen LogP) is 5.24. The summed E-state index contributed by atoms with van der Waals surface area (Å²) in [6.45, 7) is 0. The average molecular weight is 381 g/mol. The number of fused-ring (bicyclic) bond motifs is 2. The van der Waals surface area contributed by atoms with Crippen molar-refractivity contribution in [2.75, 3.05) is 5.73 Å². The third kappa shape index (κ3) is 2.04. The van der Waals surface area contributed by atoms with Crippen molar-refractivity contribution in [1.82, 2.24) is 4.57 Å². The van der Waals surface area contributed by atoms with Gasteiger partial charge in [-0.3, -0.25) is 0 Å². The van der Waals surface area contributed by atoms with Gasteiger partial charge in [0.2, 0.25) is 0 Å². The number of nitriles is 2. The molecule has 1 aliphatic heterocycles. The first-order chi connectivity index (χ1) is 13.7. The molecule has 5 rings (SSSR count). The largest absolute Gasteiger partial charge is 0.397 e. The molecule has 0 saturated carbocycles. The van der Waals surface area contributed by atoms with Gasteiger partial charge in [-0.1, -0.05) is 60.1 Å². The third-order valence-electron chi connectivity index (χ3n) is 5.39. The van der Waals surface area contributed by atoms with E-state index in [1.54, 1.807) is 6.07 Å². The van der Waals surface area contributed by atoms with Crippen LogP contribution in [0.4, 0.5) is 5.69 Å². The minimum absolute atomic E-state index is 0.208. The second-order valence-corrected chi connectivity index (χ2v) is 7.21. The standard InChI is InChI=1S/C23H13ClN4/c24-19-12-28-22(13-5-2-1-3-6-13)17-9-14(10-25)21(27)18(11-26)20(17)16-8-4-7-15(19)23(16)28/h1-9,12,22H,27H2/t22-/m1/s1. The highest BCUT2D eigenvalue weighted by Gasteiger charge is 2.32. The quantitative estimate of drug-likeness (QED) is 0.404. The first kappa shape index (κ1) is 16.4. The predicted molar refractivity (Wildman–Crippen MR) is 110 cm³/mol. The van der Waals surface area contributed by atoms with Gasteiger partial charge in [0.15, 0.2) is 0 Å². The Morgan fingerprint density at radius 3 is 2.50 bits per heavy atom. The van der Waals surface area contributed by atoms with Gasteiger partial charge in [-0.2, -0.15) is 10.5 Å². The normalized spacial score (nSPS) is 14.3. The number of anilines is 1. The van der Waals surface area contributed by atoms with Gasteiger partial charge >= 0.3 is 0 Å². The van der Waals surface area contributed by atoms with E-state index in [0.29, 0.717) is 16.1 Å². The molecule has 1 aliphatic rings. The van der Waals surface area contributed by atoms with E-state index in [4.69, 9.17) is 17.3 Å². The lowest BCUT2D eigenvalue weighted by molar-refractivity contribution is 0.699. The number of halogens is 1. The monoisotopic (exact) mass is 380 g/mol. The fraction of sp³-hybridized carbons (Fsp3) is 0.0435. The summed E-state index contributed by atoms with van der Waals surface area (Å²) in [5.41, 5.74) is 11.6. The van der Waals surface area contributed by atoms with Crippen molar-refractivity contribution >= 4 is 28.2 Å². The zero-order valence-corrected chi connectivity index (χ0v) is 15.4. The summed E-state index contributed by atoms with van der Waals surface area (Å²) in [7, 11) is 0. The van der Waals surface area contributed by atoms with Crippen LogP contribution in [0.2, 0.25) is 5.02 Å². The molecule has 0 spiro atoms. The molecule has 0 aliphatic carbocycles. The number of hydrogen-bond donors (Lipinski definition) is 1. The van der Waals surface area contributed by atoms with E-state index in [-0.39, 0.29) is 11.7 Å². The Hall–Kier alpha value is -3.73. The van der Waals surface area contributed by atoms with Gasteiger partial charge in [0.1, 0.15) is 12.1 Å². The van der Waals surface area contributed by atoms with Crippen LogP contribution in [-0.4, -0.2) is 4.57 Å². The van der Waals surface area contributed by atoms with Gasteiger partial charge in [-0.15, -0.1) is 0 Å². The summed E-state index contributed by atoms with van der Waals surface area (Å²) < 4.78 is 2.13. The molecule has 2 N–H and O–H groups in total. The maximum atomic E-state index is 9.89. The highest BCUT2D eigenvalue weighted by Crippen LogP contribution is 2.49. The molecule has 0 unspecified atom stereocenters. The Kier molecular flexibility index (Phi) is 3.46. The molecule has 4 aromatic rings. The van der Waals surface area contributed by atoms with E-state index in [2.05, 4.69) is 16.7 Å². The first-order valence-corrected chi connectivity index (χ1v) is 9.14. The van der Waals surface area contributed by atoms with Crippen LogP contribution < -0.4 is 5.73 Å². The molecule has 2 heterocycles. The Bertz CT molecular complexity index is 1350. The molecule has 5 heteroatoms. The zero-order chi connectivity index (χ0) is 19.4. The van der Waals surface area contributed by atoms with Gasteiger partial charge in [0, 0.05) is 22.7 Å². The molecule has 0 bridgehead atoms. The summed E-state index contributed by atoms with van der Waals surface area (Å²) in [5, 5.41) is 21.0. The molecule has 1 atom stereocenters. The summed E-state index contributed by atoms with van der Waals surface area (Å²) in [4.78, 5) is 0. The molecule has 1 aromatic heterocycles. The maximum absolute atomic E-state index is 9.89. The molecule has 0 radical (unpaired) electrons. The van der Waals surface area contributed by atoms with E-state index in [0.717, 1.165) is 33.2 Å². The third-order valence-corrected chi connectivity index (χ3v) is 5.69. The summed E-state index contributed by atoms with van der Waals surface area (Å²) in [6.07, 6.45) is 1.92. The zero-order valence-electron chi connectivity index (χ0n) is 14.6. The maximum Gasteiger partial charge on any atom is 0.102 e. The number of hydrogen-bond acceptors (Lipinski definition) is 3. The van der Waals surface area contributed by atoms with Crippen LogP contribution in [0.25, 0.3) is 22.0 Å². The van der Waals surface area contributed by atoms with Crippen molar-refractivity contribution in [3.05, 3.63) is 88.1 Å². The molecule has 28 heavy (non-hydrogen) atoms. The van der Waals surface area contributed by atoms with Crippen LogP contribution >= 0.6 is 11.6 Å². The van der Waals surface area contributed by atoms with Crippen LogP contribution in [0.15, 0.2) is 60.8 Å². The highest BCUT2D eigenvalue weighted by molar-refractivity contribution is 6.36. The summed E-state index contributed by atoms with van der Waals surface area (Å²) in [6, 6.07) is 21.8. The van der Waals surface area contributed by atoms with E-state index in [9.17, 15) is 10.5 Å². The molecule has 0 fully saturated rings. The lowest BCUT2D eigenvalue weighted by Crippen LogP contribution is -2.18. The Labute approximate surface area is 166 Å². The molecule has 0 amide bonds. The fourth-order valence-electron chi connectivity index (χ4n) is 4.23. The van der Waals surface area contributed by atoms with E-state index in [1.807, 2.05) is 54.7 Å². The summed E-state index contributed by atoms with van der Waals surface area (Å²) in [5.74, 6) is 0. The molecule has 132 valence electrons. The SMILES string of the molecule is N#Cc1cc2c(c(C#N)c1N)-c1cccc3c(Cl)cn(c13)[C@@H]2c1ccccc1. The van der Waals surface area contributed by atoms with Crippen LogP contribution in [0.3, 0.4) is 0 Å². The van der Waals surface area contributed by atoms with Crippen molar-refractivity contribution in [3.8, 4) is 23.3 Å². The first-order valence-electron chi connectivity index (χ1n) is 8.76. The topological polar surface area (TPSA) is 78.5 Å². The van der Waals surface area contributed by atoms with Gasteiger partial charge in [0.25, 0.3) is 0 Å². The Balaban J connectivity index is 2.01. The molecular weight excluding hydrogens is 368 g/mol. The molecular formula is C23H13ClN4. The number of aromatic nitrogens is 1. The van der Waals surface area contributed by atoms with Crippen molar-refractivity contribution < 1.29 is 0 Å². The minimum Gasteiger partial charge on any atom is -0.397 e. The van der Waals surface area contributed by atoms with E-state index < -0.39 is 0 Å². The van der Waals surface area contributed by atoms with Gasteiger partial charge < -0.3 is 10.3 Å². The highest BCUT2D eigenvalue weighted by atomic mass is 35.5. The van der Waals surface area contributed by atoms with Crippen LogP contribution in [0.5, 0.6) is 0 Å². The molecule has 0 saturated heterocycles. The van der Waals surface area contributed by atoms with Crippen molar-refractivity contribution in [1.29, 1.82) is 10.5 Å². The number of nitrogens with two attached hydrogens (primary N) is 1. The second kappa shape index (κ2) is 5.89. The van der Waals surface area contributed by atoms with E-state index >= 15 is 0 Å². The van der Waals surface area contributed by atoms with Crippen molar-refractivity contribution in [3.63, 3.8) is 0 Å². The minimum atomic E-state index is -0.208. The van der Waals surface area contributed by atoms with Gasteiger partial charge in [0.05, 0.1) is 33.4 Å². The fourth-order valence-corrected chi connectivity index (χ4v) is 4.49. The number of nitrogen functional groups attached to an aromatic ring is 1. The Morgan fingerprint density at radius 2 is 1.79 bits per heavy atom. The van der Waals surface area contributed by atoms with Crippen LogP contribution in [0.1, 0.15) is 28.3 Å². The van der Waals surface area contributed by atoms with Crippen molar-refractivity contribution in [2.45, 2.75) is 6.04 Å². The number of para-hydroxylation sites is 1. The lowest BCUT2D eigenvalue weighted by Gasteiger charge is -2.30. The number of rotatable bonds is 1. The van der Waals surface area contributed by atoms with E-state index in [1.165, 1.54) is 0 Å². The number of benzene rings is 3. The second-order valence-electron chi connectivity index (χ2n) is 6.80. The Morgan fingerprint density at radius 1 is 1.00 bits per heavy atom. The average Bonchev–Trinajstić information content (AvgIpc) is 3.06. The van der Waals surface area contributed by atoms with Crippen molar-refractivity contribution in [2.24, 2.45) is 0 Å². The number of nitrogens with zero attached hydrogens (tertiary/aromatic N) is 3.